The Labute approximate surface area is 106 Å². The lowest BCUT2D eigenvalue weighted by Gasteiger charge is -2.22. The maximum Gasteiger partial charge on any atom is 0.407 e. The highest BCUT2D eigenvalue weighted by Crippen LogP contribution is 2.45. The summed E-state index contributed by atoms with van der Waals surface area (Å²) >= 11 is 2.93. The average Bonchev–Trinajstić information content (AvgIpc) is 2.55. The molecule has 1 aromatic rings. The zero-order valence-corrected chi connectivity index (χ0v) is 10.6. The summed E-state index contributed by atoms with van der Waals surface area (Å²) in [7, 11) is 0. The summed E-state index contributed by atoms with van der Waals surface area (Å²) in [4.78, 5) is 0. The van der Waals surface area contributed by atoms with E-state index in [1.807, 2.05) is 0 Å². The van der Waals surface area contributed by atoms with Crippen molar-refractivity contribution in [1.29, 1.82) is 0 Å². The van der Waals surface area contributed by atoms with Gasteiger partial charge in [0.15, 0.2) is 5.82 Å². The first kappa shape index (κ1) is 15.3. The Bertz CT molecular complexity index is 396. The van der Waals surface area contributed by atoms with Crippen LogP contribution in [0, 0.1) is 0 Å². The van der Waals surface area contributed by atoms with Crippen molar-refractivity contribution in [3.05, 3.63) is 11.6 Å². The van der Waals surface area contributed by atoms with E-state index < -0.39 is 24.1 Å². The fourth-order valence-electron chi connectivity index (χ4n) is 1.48. The van der Waals surface area contributed by atoms with E-state index in [1.54, 1.807) is 0 Å². The fraction of sp³-hybridized carbons (Fsp3) is 0.750. The third-order valence-electron chi connectivity index (χ3n) is 2.20. The van der Waals surface area contributed by atoms with Crippen LogP contribution in [-0.4, -0.2) is 27.1 Å². The Balaban J connectivity index is 3.35. The molecular weight excluding hydrogens is 332 g/mol. The van der Waals surface area contributed by atoms with Crippen LogP contribution in [0.15, 0.2) is 0 Å². The second-order valence-electron chi connectivity index (χ2n) is 3.37. The first-order chi connectivity index (χ1) is 8.12. The zero-order valence-electron chi connectivity index (χ0n) is 8.98. The Morgan fingerprint density at radius 2 is 1.61 bits per heavy atom. The topological polar surface area (TPSA) is 30.7 Å². The zero-order chi connectivity index (χ0) is 14.1. The standard InChI is InChI=1S/C8H8BrF6N3/c1-2-18-4(3-9)16-17-6(18)5(7(10,11)12)8(13,14)15/h5H,2-3H2,1H3. The van der Waals surface area contributed by atoms with Gasteiger partial charge in [0, 0.05) is 6.54 Å². The highest BCUT2D eigenvalue weighted by molar-refractivity contribution is 9.08. The number of nitrogens with zero attached hydrogens (tertiary/aromatic N) is 3. The van der Waals surface area contributed by atoms with Crippen LogP contribution in [-0.2, 0) is 11.9 Å². The predicted octanol–water partition coefficient (Wildman–Crippen LogP) is 3.40. The molecule has 0 amide bonds. The molecule has 18 heavy (non-hydrogen) atoms. The molecule has 0 atom stereocenters. The van der Waals surface area contributed by atoms with Crippen molar-refractivity contribution in [2.24, 2.45) is 0 Å². The van der Waals surface area contributed by atoms with Gasteiger partial charge in [-0.3, -0.25) is 0 Å². The van der Waals surface area contributed by atoms with Gasteiger partial charge < -0.3 is 4.57 Å². The van der Waals surface area contributed by atoms with E-state index in [0.29, 0.717) is 0 Å². The molecule has 0 spiro atoms. The molecule has 0 aliphatic carbocycles. The maximum absolute atomic E-state index is 12.5. The summed E-state index contributed by atoms with van der Waals surface area (Å²) in [6.07, 6.45) is -10.9. The van der Waals surface area contributed by atoms with Crippen molar-refractivity contribution in [3.63, 3.8) is 0 Å². The lowest BCUT2D eigenvalue weighted by atomic mass is 10.1. The largest absolute Gasteiger partial charge is 0.407 e. The molecule has 1 heterocycles. The summed E-state index contributed by atoms with van der Waals surface area (Å²) in [5, 5.41) is 6.38. The van der Waals surface area contributed by atoms with Gasteiger partial charge in [-0.1, -0.05) is 15.9 Å². The van der Waals surface area contributed by atoms with Gasteiger partial charge in [-0.15, -0.1) is 10.2 Å². The second-order valence-corrected chi connectivity index (χ2v) is 3.93. The van der Waals surface area contributed by atoms with Crippen LogP contribution in [0.25, 0.3) is 0 Å². The predicted molar refractivity (Wildman–Crippen MR) is 53.2 cm³/mol. The van der Waals surface area contributed by atoms with Gasteiger partial charge in [0.25, 0.3) is 0 Å². The van der Waals surface area contributed by atoms with Crippen LogP contribution in [0.4, 0.5) is 26.3 Å². The van der Waals surface area contributed by atoms with Crippen LogP contribution in [0.5, 0.6) is 0 Å². The van der Waals surface area contributed by atoms with Crippen LogP contribution in [0.3, 0.4) is 0 Å². The highest BCUT2D eigenvalue weighted by atomic mass is 79.9. The molecule has 0 aromatic carbocycles. The van der Waals surface area contributed by atoms with E-state index in [4.69, 9.17) is 0 Å². The Hall–Kier alpha value is -0.800. The van der Waals surface area contributed by atoms with Gasteiger partial charge in [-0.25, -0.2) is 0 Å². The van der Waals surface area contributed by atoms with E-state index in [9.17, 15) is 26.3 Å². The lowest BCUT2D eigenvalue weighted by molar-refractivity contribution is -0.256. The van der Waals surface area contributed by atoms with Crippen LogP contribution >= 0.6 is 15.9 Å². The van der Waals surface area contributed by atoms with Crippen molar-refractivity contribution in [2.75, 3.05) is 0 Å². The van der Waals surface area contributed by atoms with Crippen molar-refractivity contribution in [3.8, 4) is 0 Å². The van der Waals surface area contributed by atoms with Crippen molar-refractivity contribution in [1.82, 2.24) is 14.8 Å². The fourth-order valence-corrected chi connectivity index (χ4v) is 1.90. The number of rotatable bonds is 3. The Morgan fingerprint density at radius 3 is 1.94 bits per heavy atom. The number of hydrogen-bond donors (Lipinski definition) is 0. The SMILES string of the molecule is CCn1c(CBr)nnc1C(C(F)(F)F)C(F)(F)F. The normalized spacial score (nSPS) is 13.4. The van der Waals surface area contributed by atoms with E-state index in [-0.39, 0.29) is 17.7 Å². The molecule has 0 saturated carbocycles. The Morgan fingerprint density at radius 1 is 1.11 bits per heavy atom. The summed E-state index contributed by atoms with van der Waals surface area (Å²) in [5.41, 5.74) is 0. The minimum atomic E-state index is -5.46. The lowest BCUT2D eigenvalue weighted by Crippen LogP contribution is -2.36. The molecule has 0 unspecified atom stereocenters. The molecule has 104 valence electrons. The second kappa shape index (κ2) is 5.06. The van der Waals surface area contributed by atoms with Crippen LogP contribution < -0.4 is 0 Å². The number of halogens is 7. The molecule has 0 saturated heterocycles. The minimum absolute atomic E-state index is 0.0194. The molecule has 3 nitrogen and oxygen atoms in total. The third kappa shape index (κ3) is 2.96. The first-order valence-corrected chi connectivity index (χ1v) is 5.86. The molecule has 1 rings (SSSR count). The van der Waals surface area contributed by atoms with E-state index in [2.05, 4.69) is 26.1 Å². The van der Waals surface area contributed by atoms with E-state index in [0.717, 1.165) is 4.57 Å². The minimum Gasteiger partial charge on any atom is -0.314 e. The first-order valence-electron chi connectivity index (χ1n) is 4.74. The van der Waals surface area contributed by atoms with Crippen molar-refractivity contribution < 1.29 is 26.3 Å². The molecule has 1 aromatic heterocycles. The molecule has 0 aliphatic heterocycles. The van der Waals surface area contributed by atoms with Gasteiger partial charge in [0.05, 0.1) is 5.33 Å². The molecule has 0 bridgehead atoms. The summed E-state index contributed by atoms with van der Waals surface area (Å²) in [5.74, 6) is -4.73. The molecule has 0 aliphatic rings. The Kier molecular flexibility index (Phi) is 4.29. The number of aromatic nitrogens is 3. The van der Waals surface area contributed by atoms with Gasteiger partial charge >= 0.3 is 12.4 Å². The molecular formula is C8H8BrF6N3. The van der Waals surface area contributed by atoms with Gasteiger partial charge in [-0.05, 0) is 6.92 Å². The van der Waals surface area contributed by atoms with Crippen molar-refractivity contribution >= 4 is 15.9 Å². The smallest absolute Gasteiger partial charge is 0.314 e. The monoisotopic (exact) mass is 339 g/mol. The summed E-state index contributed by atoms with van der Waals surface area (Å²) in [6, 6.07) is 0. The van der Waals surface area contributed by atoms with Crippen LogP contribution in [0.1, 0.15) is 24.5 Å². The van der Waals surface area contributed by atoms with E-state index >= 15 is 0 Å². The summed E-state index contributed by atoms with van der Waals surface area (Å²) in [6.45, 7) is 1.34. The van der Waals surface area contributed by atoms with Gasteiger partial charge in [0.2, 0.25) is 5.92 Å². The number of hydrogen-bond acceptors (Lipinski definition) is 2. The highest BCUT2D eigenvalue weighted by Gasteiger charge is 2.60. The number of alkyl halides is 7. The molecule has 0 radical (unpaired) electrons. The molecule has 0 fully saturated rings. The van der Waals surface area contributed by atoms with Crippen molar-refractivity contribution in [2.45, 2.75) is 37.1 Å². The molecule has 0 N–H and O–H groups in total. The van der Waals surface area contributed by atoms with Gasteiger partial charge in [-0.2, -0.15) is 26.3 Å². The van der Waals surface area contributed by atoms with Gasteiger partial charge in [0.1, 0.15) is 5.82 Å². The summed E-state index contributed by atoms with van der Waals surface area (Å²) < 4.78 is 75.9. The van der Waals surface area contributed by atoms with Crippen LogP contribution in [0.2, 0.25) is 0 Å². The van der Waals surface area contributed by atoms with E-state index in [1.165, 1.54) is 6.92 Å². The molecule has 10 heteroatoms. The quantitative estimate of drug-likeness (QED) is 0.624. The average molecular weight is 340 g/mol. The third-order valence-corrected chi connectivity index (χ3v) is 2.71. The maximum atomic E-state index is 12.5.